The molecule has 2 N–H and O–H groups in total. The summed E-state index contributed by atoms with van der Waals surface area (Å²) >= 11 is 0. The maximum absolute atomic E-state index is 11.8. The summed E-state index contributed by atoms with van der Waals surface area (Å²) in [4.78, 5) is 11.8. The molecule has 0 spiro atoms. The fraction of sp³-hybridized carbons (Fsp3) is 0.308. The van der Waals surface area contributed by atoms with E-state index in [0.717, 1.165) is 5.56 Å². The number of benzene rings is 1. The van der Waals surface area contributed by atoms with Crippen LogP contribution in [0.3, 0.4) is 0 Å². The van der Waals surface area contributed by atoms with Gasteiger partial charge in [-0.25, -0.2) is 0 Å². The number of rotatable bonds is 4. The van der Waals surface area contributed by atoms with Crippen molar-refractivity contribution >= 4 is 5.78 Å². The number of Topliss-reactive ketones (excluding diaryl/α,β-unsaturated/α-hetero) is 1. The van der Waals surface area contributed by atoms with Crippen LogP contribution in [0.4, 0.5) is 0 Å². The quantitative estimate of drug-likeness (QED) is 0.755. The van der Waals surface area contributed by atoms with Crippen LogP contribution in [0, 0.1) is 12.3 Å². The molecule has 1 atom stereocenters. The third-order valence-corrected chi connectivity index (χ3v) is 2.45. The Kier molecular flexibility index (Phi) is 3.65. The van der Waals surface area contributed by atoms with Gasteiger partial charge in [0.05, 0.1) is 5.54 Å². The van der Waals surface area contributed by atoms with Crippen molar-refractivity contribution in [2.24, 2.45) is 5.73 Å². The summed E-state index contributed by atoms with van der Waals surface area (Å²) in [6.45, 7) is 1.72. The number of carbonyl (C=O) groups is 1. The Morgan fingerprint density at radius 1 is 1.47 bits per heavy atom. The SMILES string of the molecule is C#CCCC(=O)C(C)(N)c1ccccc1. The zero-order valence-electron chi connectivity index (χ0n) is 8.86. The zero-order valence-corrected chi connectivity index (χ0v) is 8.86. The Morgan fingerprint density at radius 2 is 2.07 bits per heavy atom. The molecule has 0 aliphatic heterocycles. The van der Waals surface area contributed by atoms with Crippen LogP contribution in [0.15, 0.2) is 30.3 Å². The minimum absolute atomic E-state index is 0.0216. The fourth-order valence-corrected chi connectivity index (χ4v) is 1.39. The van der Waals surface area contributed by atoms with Crippen molar-refractivity contribution in [1.82, 2.24) is 0 Å². The van der Waals surface area contributed by atoms with E-state index in [1.54, 1.807) is 6.92 Å². The molecule has 0 saturated heterocycles. The van der Waals surface area contributed by atoms with Gasteiger partial charge >= 0.3 is 0 Å². The molecule has 0 amide bonds. The van der Waals surface area contributed by atoms with E-state index >= 15 is 0 Å². The molecule has 2 heteroatoms. The Morgan fingerprint density at radius 3 is 2.60 bits per heavy atom. The predicted molar refractivity (Wildman–Crippen MR) is 61.1 cm³/mol. The van der Waals surface area contributed by atoms with E-state index in [-0.39, 0.29) is 5.78 Å². The average Bonchev–Trinajstić information content (AvgIpc) is 2.27. The van der Waals surface area contributed by atoms with E-state index in [0.29, 0.717) is 12.8 Å². The molecule has 0 aliphatic carbocycles. The van der Waals surface area contributed by atoms with Gasteiger partial charge in [-0.2, -0.15) is 0 Å². The van der Waals surface area contributed by atoms with Crippen LogP contribution in [0.25, 0.3) is 0 Å². The number of carbonyl (C=O) groups excluding carboxylic acids is 1. The van der Waals surface area contributed by atoms with Crippen molar-refractivity contribution in [1.29, 1.82) is 0 Å². The summed E-state index contributed by atoms with van der Waals surface area (Å²) in [5, 5.41) is 0. The molecule has 1 rings (SSSR count). The highest BCUT2D eigenvalue weighted by atomic mass is 16.1. The van der Waals surface area contributed by atoms with Gasteiger partial charge in [-0.15, -0.1) is 12.3 Å². The maximum Gasteiger partial charge on any atom is 0.157 e. The van der Waals surface area contributed by atoms with Crippen molar-refractivity contribution in [2.75, 3.05) is 0 Å². The first-order valence-corrected chi connectivity index (χ1v) is 4.90. The molecular formula is C13H15NO. The topological polar surface area (TPSA) is 43.1 Å². The largest absolute Gasteiger partial charge is 0.315 e. The van der Waals surface area contributed by atoms with Gasteiger partial charge < -0.3 is 5.73 Å². The minimum Gasteiger partial charge on any atom is -0.315 e. The number of nitrogens with two attached hydrogens (primary N) is 1. The number of terminal acetylenes is 1. The predicted octanol–water partition coefficient (Wildman–Crippen LogP) is 1.84. The molecule has 0 saturated carbocycles. The summed E-state index contributed by atoms with van der Waals surface area (Å²) in [6, 6.07) is 9.34. The number of hydrogen-bond acceptors (Lipinski definition) is 2. The molecule has 0 aromatic heterocycles. The molecule has 0 radical (unpaired) electrons. The maximum atomic E-state index is 11.8. The Bertz CT molecular complexity index is 373. The van der Waals surface area contributed by atoms with Crippen molar-refractivity contribution in [2.45, 2.75) is 25.3 Å². The lowest BCUT2D eigenvalue weighted by Gasteiger charge is -2.23. The molecule has 1 unspecified atom stereocenters. The Balaban J connectivity index is 2.84. The molecule has 1 aromatic carbocycles. The van der Waals surface area contributed by atoms with Crippen LogP contribution in [-0.2, 0) is 10.3 Å². The van der Waals surface area contributed by atoms with E-state index in [2.05, 4.69) is 5.92 Å². The summed E-state index contributed by atoms with van der Waals surface area (Å²) in [7, 11) is 0. The molecule has 15 heavy (non-hydrogen) atoms. The van der Waals surface area contributed by atoms with Crippen LogP contribution in [0.1, 0.15) is 25.3 Å². The lowest BCUT2D eigenvalue weighted by Crippen LogP contribution is -2.41. The van der Waals surface area contributed by atoms with Crippen molar-refractivity contribution < 1.29 is 4.79 Å². The average molecular weight is 201 g/mol. The lowest BCUT2D eigenvalue weighted by molar-refractivity contribution is -0.123. The molecule has 2 nitrogen and oxygen atoms in total. The van der Waals surface area contributed by atoms with E-state index in [1.165, 1.54) is 0 Å². The molecule has 0 fully saturated rings. The van der Waals surface area contributed by atoms with E-state index < -0.39 is 5.54 Å². The molecule has 0 heterocycles. The Labute approximate surface area is 90.5 Å². The van der Waals surface area contributed by atoms with E-state index in [1.807, 2.05) is 30.3 Å². The highest BCUT2D eigenvalue weighted by Gasteiger charge is 2.28. The standard InChI is InChI=1S/C13H15NO/c1-3-4-10-12(15)13(2,14)11-8-6-5-7-9-11/h1,5-9H,4,10,14H2,2H3. The van der Waals surface area contributed by atoms with Crippen molar-refractivity contribution in [3.8, 4) is 12.3 Å². The number of ketones is 1. The summed E-state index contributed by atoms with van der Waals surface area (Å²) in [6.07, 6.45) is 5.89. The third kappa shape index (κ3) is 2.68. The van der Waals surface area contributed by atoms with Gasteiger partial charge in [0.25, 0.3) is 0 Å². The third-order valence-electron chi connectivity index (χ3n) is 2.45. The fourth-order valence-electron chi connectivity index (χ4n) is 1.39. The first kappa shape index (κ1) is 11.5. The van der Waals surface area contributed by atoms with Crippen molar-refractivity contribution in [3.63, 3.8) is 0 Å². The first-order chi connectivity index (χ1) is 7.09. The molecule has 0 bridgehead atoms. The number of hydrogen-bond donors (Lipinski definition) is 1. The van der Waals surface area contributed by atoms with Crippen LogP contribution in [0.2, 0.25) is 0 Å². The first-order valence-electron chi connectivity index (χ1n) is 4.90. The van der Waals surface area contributed by atoms with Crippen LogP contribution in [-0.4, -0.2) is 5.78 Å². The molecule has 0 aliphatic rings. The van der Waals surface area contributed by atoms with E-state index in [9.17, 15) is 4.79 Å². The van der Waals surface area contributed by atoms with E-state index in [4.69, 9.17) is 12.2 Å². The monoisotopic (exact) mass is 201 g/mol. The van der Waals surface area contributed by atoms with Crippen LogP contribution >= 0.6 is 0 Å². The molecular weight excluding hydrogens is 186 g/mol. The van der Waals surface area contributed by atoms with Gasteiger partial charge in [-0.1, -0.05) is 30.3 Å². The Hall–Kier alpha value is -1.59. The smallest absolute Gasteiger partial charge is 0.157 e. The lowest BCUT2D eigenvalue weighted by atomic mass is 9.87. The van der Waals surface area contributed by atoms with Crippen LogP contribution < -0.4 is 5.73 Å². The minimum atomic E-state index is -0.932. The van der Waals surface area contributed by atoms with Gasteiger partial charge in [0, 0.05) is 12.8 Å². The van der Waals surface area contributed by atoms with Gasteiger partial charge in [-0.05, 0) is 12.5 Å². The summed E-state index contributed by atoms with van der Waals surface area (Å²) < 4.78 is 0. The summed E-state index contributed by atoms with van der Waals surface area (Å²) in [5.41, 5.74) is 5.90. The highest BCUT2D eigenvalue weighted by molar-refractivity contribution is 5.89. The zero-order chi connectivity index (χ0) is 11.3. The van der Waals surface area contributed by atoms with Gasteiger partial charge in [0.15, 0.2) is 5.78 Å². The second kappa shape index (κ2) is 4.77. The second-order valence-corrected chi connectivity index (χ2v) is 3.70. The molecule has 1 aromatic rings. The van der Waals surface area contributed by atoms with Gasteiger partial charge in [0.1, 0.15) is 0 Å². The van der Waals surface area contributed by atoms with Gasteiger partial charge in [0.2, 0.25) is 0 Å². The van der Waals surface area contributed by atoms with Crippen LogP contribution in [0.5, 0.6) is 0 Å². The highest BCUT2D eigenvalue weighted by Crippen LogP contribution is 2.20. The molecule has 78 valence electrons. The second-order valence-electron chi connectivity index (χ2n) is 3.70. The normalized spacial score (nSPS) is 13.9. The summed E-state index contributed by atoms with van der Waals surface area (Å²) in [5.74, 6) is 2.42. The van der Waals surface area contributed by atoms with Crippen molar-refractivity contribution in [3.05, 3.63) is 35.9 Å². The van der Waals surface area contributed by atoms with Gasteiger partial charge in [-0.3, -0.25) is 4.79 Å².